The zero-order chi connectivity index (χ0) is 18.6. The lowest BCUT2D eigenvalue weighted by atomic mass is 9.95. The van der Waals surface area contributed by atoms with Crippen LogP contribution in [0.1, 0.15) is 42.7 Å². The largest absolute Gasteiger partial charge is 0.465 e. The molecular weight excluding hydrogens is 340 g/mol. The van der Waals surface area contributed by atoms with E-state index in [0.717, 1.165) is 5.56 Å². The fourth-order valence-electron chi connectivity index (χ4n) is 2.46. The van der Waals surface area contributed by atoms with Gasteiger partial charge in [-0.3, -0.25) is 0 Å². The second kappa shape index (κ2) is 8.11. The summed E-state index contributed by atoms with van der Waals surface area (Å²) in [6.45, 7) is 6.08. The molecule has 7 heteroatoms. The molecule has 1 aliphatic rings. The van der Waals surface area contributed by atoms with Crippen LogP contribution in [0.25, 0.3) is 0 Å². The van der Waals surface area contributed by atoms with Crippen molar-refractivity contribution in [1.82, 2.24) is 10.6 Å². The van der Waals surface area contributed by atoms with Gasteiger partial charge in [-0.05, 0) is 42.8 Å². The molecule has 6 nitrogen and oxygen atoms in total. The van der Waals surface area contributed by atoms with E-state index in [1.165, 1.54) is 7.11 Å². The molecule has 0 saturated carbocycles. The van der Waals surface area contributed by atoms with Gasteiger partial charge in [0, 0.05) is 5.70 Å². The quantitative estimate of drug-likeness (QED) is 0.615. The molecule has 0 saturated heterocycles. The summed E-state index contributed by atoms with van der Waals surface area (Å²) in [6, 6.07) is 6.39. The summed E-state index contributed by atoms with van der Waals surface area (Å²) in [4.78, 5) is 24.1. The molecule has 0 amide bonds. The fourth-order valence-corrected chi connectivity index (χ4v) is 2.73. The van der Waals surface area contributed by atoms with Gasteiger partial charge in [-0.15, -0.1) is 0 Å². The molecule has 0 unspecified atom stereocenters. The summed E-state index contributed by atoms with van der Waals surface area (Å²) in [7, 11) is 1.33. The Morgan fingerprint density at radius 3 is 2.40 bits per heavy atom. The highest BCUT2D eigenvalue weighted by atomic mass is 32.1. The number of methoxy groups -OCH3 is 1. The Morgan fingerprint density at radius 2 is 1.84 bits per heavy atom. The van der Waals surface area contributed by atoms with E-state index in [2.05, 4.69) is 10.6 Å². The molecular formula is C18H22N2O4S. The highest BCUT2D eigenvalue weighted by Crippen LogP contribution is 2.28. The number of thiocarbonyl (C=S) groups is 1. The number of carbonyl (C=O) groups is 2. The SMILES string of the molecule is COC(=O)c1ccc([C@@H]2NC(=S)NC(C)=C2C(=O)OCC(C)C)cc1. The molecule has 0 fully saturated rings. The van der Waals surface area contributed by atoms with E-state index < -0.39 is 18.0 Å². The van der Waals surface area contributed by atoms with Crippen LogP contribution < -0.4 is 10.6 Å². The molecule has 1 aromatic carbocycles. The number of hydrogen-bond acceptors (Lipinski definition) is 5. The van der Waals surface area contributed by atoms with Crippen molar-refractivity contribution in [1.29, 1.82) is 0 Å². The molecule has 0 spiro atoms. The molecule has 0 radical (unpaired) electrons. The van der Waals surface area contributed by atoms with Crippen molar-refractivity contribution in [2.24, 2.45) is 5.92 Å². The van der Waals surface area contributed by atoms with Gasteiger partial charge in [-0.2, -0.15) is 0 Å². The van der Waals surface area contributed by atoms with Crippen molar-refractivity contribution in [3.05, 3.63) is 46.7 Å². The summed E-state index contributed by atoms with van der Waals surface area (Å²) in [6.07, 6.45) is 0. The maximum Gasteiger partial charge on any atom is 0.338 e. The van der Waals surface area contributed by atoms with E-state index in [9.17, 15) is 9.59 Å². The zero-order valence-electron chi connectivity index (χ0n) is 14.7. The predicted octanol–water partition coefficient (Wildman–Crippen LogP) is 2.47. The van der Waals surface area contributed by atoms with Crippen LogP contribution >= 0.6 is 12.2 Å². The van der Waals surface area contributed by atoms with Crippen LogP contribution in [-0.2, 0) is 14.3 Å². The summed E-state index contributed by atoms with van der Waals surface area (Å²) in [5.74, 6) is -0.562. The number of allylic oxidation sites excluding steroid dienone is 1. The van der Waals surface area contributed by atoms with E-state index in [0.29, 0.717) is 28.6 Å². The van der Waals surface area contributed by atoms with E-state index in [4.69, 9.17) is 21.7 Å². The standard InChI is InChI=1S/C18H22N2O4S/c1-10(2)9-24-17(22)14-11(3)19-18(25)20-15(14)12-5-7-13(8-6-12)16(21)23-4/h5-8,10,15H,9H2,1-4H3,(H2,19,20,25)/t15-/m0/s1. The van der Waals surface area contributed by atoms with Crippen LogP contribution in [0, 0.1) is 5.92 Å². The third-order valence-corrected chi connectivity index (χ3v) is 3.92. The van der Waals surface area contributed by atoms with Crippen LogP contribution in [0.5, 0.6) is 0 Å². The number of ether oxygens (including phenoxy) is 2. The monoisotopic (exact) mass is 362 g/mol. The molecule has 2 N–H and O–H groups in total. The van der Waals surface area contributed by atoms with Gasteiger partial charge in [0.25, 0.3) is 0 Å². The first-order valence-corrected chi connectivity index (χ1v) is 8.38. The Hall–Kier alpha value is -2.41. The predicted molar refractivity (Wildman–Crippen MR) is 97.9 cm³/mol. The van der Waals surface area contributed by atoms with Crippen LogP contribution in [-0.4, -0.2) is 30.8 Å². The number of esters is 2. The maximum atomic E-state index is 12.5. The third-order valence-electron chi connectivity index (χ3n) is 3.70. The Bertz CT molecular complexity index is 710. The maximum absolute atomic E-state index is 12.5. The molecule has 2 rings (SSSR count). The number of hydrogen-bond donors (Lipinski definition) is 2. The molecule has 134 valence electrons. The average molecular weight is 362 g/mol. The van der Waals surface area contributed by atoms with Crippen LogP contribution in [0.2, 0.25) is 0 Å². The lowest BCUT2D eigenvalue weighted by Crippen LogP contribution is -2.45. The summed E-state index contributed by atoms with van der Waals surface area (Å²) >= 11 is 5.21. The van der Waals surface area contributed by atoms with Crippen LogP contribution in [0.3, 0.4) is 0 Å². The Kier molecular flexibility index (Phi) is 6.14. The second-order valence-electron chi connectivity index (χ2n) is 6.18. The Morgan fingerprint density at radius 1 is 1.20 bits per heavy atom. The van der Waals surface area contributed by atoms with Crippen molar-refractivity contribution in [2.45, 2.75) is 26.8 Å². The minimum Gasteiger partial charge on any atom is -0.465 e. The van der Waals surface area contributed by atoms with E-state index >= 15 is 0 Å². The van der Waals surface area contributed by atoms with Gasteiger partial charge < -0.3 is 20.1 Å². The fraction of sp³-hybridized carbons (Fsp3) is 0.389. The molecule has 1 aliphatic heterocycles. The van der Waals surface area contributed by atoms with Gasteiger partial charge in [0.2, 0.25) is 0 Å². The Balaban J connectivity index is 2.32. The van der Waals surface area contributed by atoms with Crippen molar-refractivity contribution < 1.29 is 19.1 Å². The molecule has 0 aliphatic carbocycles. The highest BCUT2D eigenvalue weighted by molar-refractivity contribution is 7.80. The van der Waals surface area contributed by atoms with Gasteiger partial charge in [0.15, 0.2) is 5.11 Å². The van der Waals surface area contributed by atoms with Gasteiger partial charge in [-0.1, -0.05) is 26.0 Å². The zero-order valence-corrected chi connectivity index (χ0v) is 15.5. The van der Waals surface area contributed by atoms with Gasteiger partial charge in [0.05, 0.1) is 30.9 Å². The number of nitrogens with one attached hydrogen (secondary N) is 2. The average Bonchev–Trinajstić information content (AvgIpc) is 2.58. The molecule has 25 heavy (non-hydrogen) atoms. The minimum atomic E-state index is -0.444. The third kappa shape index (κ3) is 4.57. The summed E-state index contributed by atoms with van der Waals surface area (Å²) in [5, 5.41) is 6.48. The molecule has 0 aromatic heterocycles. The first-order chi connectivity index (χ1) is 11.8. The van der Waals surface area contributed by atoms with Crippen molar-refractivity contribution in [3.8, 4) is 0 Å². The minimum absolute atomic E-state index is 0.244. The van der Waals surface area contributed by atoms with E-state index in [1.54, 1.807) is 31.2 Å². The normalized spacial score (nSPS) is 17.0. The van der Waals surface area contributed by atoms with Gasteiger partial charge >= 0.3 is 11.9 Å². The topological polar surface area (TPSA) is 76.7 Å². The molecule has 1 atom stereocenters. The second-order valence-corrected chi connectivity index (χ2v) is 6.58. The smallest absolute Gasteiger partial charge is 0.338 e. The van der Waals surface area contributed by atoms with Crippen molar-refractivity contribution >= 4 is 29.3 Å². The van der Waals surface area contributed by atoms with Gasteiger partial charge in [-0.25, -0.2) is 9.59 Å². The first kappa shape index (κ1) is 18.9. The summed E-state index contributed by atoms with van der Waals surface area (Å²) < 4.78 is 10.1. The molecule has 1 aromatic rings. The van der Waals surface area contributed by atoms with E-state index in [1.807, 2.05) is 13.8 Å². The van der Waals surface area contributed by atoms with Crippen LogP contribution in [0.15, 0.2) is 35.5 Å². The highest BCUT2D eigenvalue weighted by Gasteiger charge is 2.31. The first-order valence-electron chi connectivity index (χ1n) is 7.97. The van der Waals surface area contributed by atoms with E-state index in [-0.39, 0.29) is 5.92 Å². The van der Waals surface area contributed by atoms with Crippen molar-refractivity contribution in [2.75, 3.05) is 13.7 Å². The molecule has 1 heterocycles. The Labute approximate surface area is 152 Å². The molecule has 0 bridgehead atoms. The van der Waals surface area contributed by atoms with Crippen LogP contribution in [0.4, 0.5) is 0 Å². The number of rotatable bonds is 5. The van der Waals surface area contributed by atoms with Crippen molar-refractivity contribution in [3.63, 3.8) is 0 Å². The number of benzene rings is 1. The van der Waals surface area contributed by atoms with Gasteiger partial charge in [0.1, 0.15) is 0 Å². The summed E-state index contributed by atoms with van der Waals surface area (Å²) in [5.41, 5.74) is 2.36. The number of carbonyl (C=O) groups excluding carboxylic acids is 2. The lowest BCUT2D eigenvalue weighted by Gasteiger charge is -2.30. The lowest BCUT2D eigenvalue weighted by molar-refractivity contribution is -0.140.